The van der Waals surface area contributed by atoms with Crippen molar-refractivity contribution in [3.63, 3.8) is 0 Å². The molecule has 0 spiro atoms. The maximum atomic E-state index is 12.8. The average molecular weight is 299 g/mol. The molecule has 6 heteroatoms. The van der Waals surface area contributed by atoms with Crippen molar-refractivity contribution < 1.29 is 8.42 Å². The van der Waals surface area contributed by atoms with Gasteiger partial charge in [0, 0.05) is 31.5 Å². The van der Waals surface area contributed by atoms with Gasteiger partial charge in [0.15, 0.2) is 0 Å². The first kappa shape index (κ1) is 16.9. The van der Waals surface area contributed by atoms with Crippen LogP contribution in [0.3, 0.4) is 0 Å². The van der Waals surface area contributed by atoms with E-state index in [0.717, 1.165) is 19.4 Å². The van der Waals surface area contributed by atoms with Gasteiger partial charge in [0.1, 0.15) is 4.90 Å². The summed E-state index contributed by atoms with van der Waals surface area (Å²) in [6.45, 7) is 8.58. The molecular weight excluding hydrogens is 274 g/mol. The summed E-state index contributed by atoms with van der Waals surface area (Å²) in [6.07, 6.45) is 4.68. The predicted octanol–water partition coefficient (Wildman–Crippen LogP) is 2.71. The highest BCUT2D eigenvalue weighted by atomic mass is 32.2. The maximum Gasteiger partial charge on any atom is 0.246 e. The summed E-state index contributed by atoms with van der Waals surface area (Å²) in [7, 11) is -1.94. The molecule has 0 fully saturated rings. The van der Waals surface area contributed by atoms with Crippen molar-refractivity contribution in [2.75, 3.05) is 18.9 Å². The predicted molar refractivity (Wildman–Crippen MR) is 82.3 cm³/mol. The molecule has 0 aromatic carbocycles. The normalized spacial score (nSPS) is 12.7. The number of pyridine rings is 1. The fraction of sp³-hybridized carbons (Fsp3) is 0.643. The third kappa shape index (κ3) is 3.49. The van der Waals surface area contributed by atoms with Gasteiger partial charge in [0.25, 0.3) is 0 Å². The minimum atomic E-state index is -3.56. The Bertz CT molecular complexity index is 541. The molecule has 1 aromatic heterocycles. The maximum absolute atomic E-state index is 12.8. The topological polar surface area (TPSA) is 62.3 Å². The molecule has 114 valence electrons. The Labute approximate surface area is 122 Å². The number of hydrogen-bond donors (Lipinski definition) is 1. The van der Waals surface area contributed by atoms with E-state index in [1.165, 1.54) is 10.5 Å². The number of sulfonamides is 1. The SMILES string of the molecule is CCCNc1ccncc1S(=O)(=O)N(C)C(C)(C)CC. The van der Waals surface area contributed by atoms with Gasteiger partial charge in [-0.25, -0.2) is 8.42 Å². The van der Waals surface area contributed by atoms with Crippen LogP contribution in [0.1, 0.15) is 40.5 Å². The van der Waals surface area contributed by atoms with Crippen LogP contribution in [0.15, 0.2) is 23.4 Å². The van der Waals surface area contributed by atoms with Crippen LogP contribution in [0.5, 0.6) is 0 Å². The summed E-state index contributed by atoms with van der Waals surface area (Å²) < 4.78 is 27.0. The summed E-state index contributed by atoms with van der Waals surface area (Å²) in [5.74, 6) is 0. The summed E-state index contributed by atoms with van der Waals surface area (Å²) in [6, 6.07) is 1.70. The Kier molecular flexibility index (Phi) is 5.53. The molecule has 0 aliphatic heterocycles. The Morgan fingerprint density at radius 3 is 2.55 bits per heavy atom. The number of hydrogen-bond acceptors (Lipinski definition) is 4. The third-order valence-electron chi connectivity index (χ3n) is 3.71. The van der Waals surface area contributed by atoms with Crippen molar-refractivity contribution >= 4 is 15.7 Å². The van der Waals surface area contributed by atoms with E-state index in [1.54, 1.807) is 19.3 Å². The molecule has 1 heterocycles. The van der Waals surface area contributed by atoms with E-state index in [-0.39, 0.29) is 4.90 Å². The first-order valence-corrected chi connectivity index (χ1v) is 8.38. The minimum absolute atomic E-state index is 0.234. The molecule has 0 aliphatic rings. The van der Waals surface area contributed by atoms with E-state index >= 15 is 0 Å². The molecule has 0 unspecified atom stereocenters. The largest absolute Gasteiger partial charge is 0.384 e. The van der Waals surface area contributed by atoms with Crippen molar-refractivity contribution in [1.82, 2.24) is 9.29 Å². The van der Waals surface area contributed by atoms with Crippen LogP contribution in [0.2, 0.25) is 0 Å². The summed E-state index contributed by atoms with van der Waals surface area (Å²) in [5.41, 5.74) is 0.178. The zero-order valence-corrected chi connectivity index (χ0v) is 13.8. The number of rotatable bonds is 7. The summed E-state index contributed by atoms with van der Waals surface area (Å²) in [5, 5.41) is 3.15. The Morgan fingerprint density at radius 1 is 1.35 bits per heavy atom. The van der Waals surface area contributed by atoms with Crippen molar-refractivity contribution in [2.24, 2.45) is 0 Å². The van der Waals surface area contributed by atoms with E-state index in [0.29, 0.717) is 5.69 Å². The van der Waals surface area contributed by atoms with Gasteiger partial charge in [-0.1, -0.05) is 13.8 Å². The van der Waals surface area contributed by atoms with Crippen LogP contribution in [0, 0.1) is 0 Å². The van der Waals surface area contributed by atoms with Gasteiger partial charge in [-0.05, 0) is 32.8 Å². The minimum Gasteiger partial charge on any atom is -0.384 e. The highest BCUT2D eigenvalue weighted by molar-refractivity contribution is 7.89. The second kappa shape index (κ2) is 6.54. The molecule has 0 saturated carbocycles. The summed E-state index contributed by atoms with van der Waals surface area (Å²) >= 11 is 0. The van der Waals surface area contributed by atoms with Crippen LogP contribution < -0.4 is 5.32 Å². The van der Waals surface area contributed by atoms with E-state index in [1.807, 2.05) is 27.7 Å². The second-order valence-corrected chi connectivity index (χ2v) is 7.37. The van der Waals surface area contributed by atoms with Crippen molar-refractivity contribution in [3.8, 4) is 0 Å². The molecule has 20 heavy (non-hydrogen) atoms. The second-order valence-electron chi connectivity index (χ2n) is 5.44. The van der Waals surface area contributed by atoms with Crippen LogP contribution in [0.4, 0.5) is 5.69 Å². The molecule has 0 radical (unpaired) electrons. The Hall–Kier alpha value is -1.14. The van der Waals surface area contributed by atoms with Gasteiger partial charge in [-0.2, -0.15) is 4.31 Å². The molecule has 0 amide bonds. The first-order valence-electron chi connectivity index (χ1n) is 6.94. The lowest BCUT2D eigenvalue weighted by Crippen LogP contribution is -2.44. The monoisotopic (exact) mass is 299 g/mol. The smallest absolute Gasteiger partial charge is 0.246 e. The molecule has 1 rings (SSSR count). The van der Waals surface area contributed by atoms with Crippen LogP contribution in [0.25, 0.3) is 0 Å². The quantitative estimate of drug-likeness (QED) is 0.841. The lowest BCUT2D eigenvalue weighted by atomic mass is 10.0. The molecule has 1 aromatic rings. The van der Waals surface area contributed by atoms with Crippen LogP contribution in [-0.2, 0) is 10.0 Å². The highest BCUT2D eigenvalue weighted by Crippen LogP contribution is 2.28. The van der Waals surface area contributed by atoms with Gasteiger partial charge >= 0.3 is 0 Å². The van der Waals surface area contributed by atoms with Crippen LogP contribution >= 0.6 is 0 Å². The average Bonchev–Trinajstić information content (AvgIpc) is 2.44. The molecule has 1 N–H and O–H groups in total. The van der Waals surface area contributed by atoms with E-state index in [9.17, 15) is 8.42 Å². The molecule has 0 aliphatic carbocycles. The van der Waals surface area contributed by atoms with Gasteiger partial charge < -0.3 is 5.32 Å². The van der Waals surface area contributed by atoms with Gasteiger partial charge in [0.05, 0.1) is 5.69 Å². The van der Waals surface area contributed by atoms with E-state index in [4.69, 9.17) is 0 Å². The molecule has 0 atom stereocenters. The van der Waals surface area contributed by atoms with E-state index in [2.05, 4.69) is 10.3 Å². The fourth-order valence-electron chi connectivity index (χ4n) is 1.69. The van der Waals surface area contributed by atoms with Gasteiger partial charge in [0.2, 0.25) is 10.0 Å². The number of nitrogens with one attached hydrogen (secondary N) is 1. The summed E-state index contributed by atoms with van der Waals surface area (Å²) in [4.78, 5) is 4.20. The Morgan fingerprint density at radius 2 is 2.00 bits per heavy atom. The van der Waals surface area contributed by atoms with E-state index < -0.39 is 15.6 Å². The highest BCUT2D eigenvalue weighted by Gasteiger charge is 2.34. The molecule has 0 saturated heterocycles. The number of aromatic nitrogens is 1. The zero-order valence-electron chi connectivity index (χ0n) is 13.0. The first-order chi connectivity index (χ1) is 9.27. The van der Waals surface area contributed by atoms with Gasteiger partial charge in [-0.3, -0.25) is 4.98 Å². The van der Waals surface area contributed by atoms with Gasteiger partial charge in [-0.15, -0.1) is 0 Å². The molecule has 0 bridgehead atoms. The fourth-order valence-corrected chi connectivity index (χ4v) is 3.37. The van der Waals surface area contributed by atoms with Crippen molar-refractivity contribution in [2.45, 2.75) is 51.0 Å². The standard InChI is InChI=1S/C14H25N3O2S/c1-6-9-16-12-8-10-15-11-13(12)20(18,19)17(5)14(3,4)7-2/h8,10-11H,6-7,9H2,1-5H3,(H,15,16). The number of anilines is 1. The molecular formula is C14H25N3O2S. The lowest BCUT2D eigenvalue weighted by molar-refractivity contribution is 0.257. The molecule has 5 nitrogen and oxygen atoms in total. The third-order valence-corrected chi connectivity index (χ3v) is 5.80. The zero-order chi connectivity index (χ0) is 15.4. The lowest BCUT2D eigenvalue weighted by Gasteiger charge is -2.34. The number of nitrogens with zero attached hydrogens (tertiary/aromatic N) is 2. The Balaban J connectivity index is 3.22. The van der Waals surface area contributed by atoms with Crippen molar-refractivity contribution in [3.05, 3.63) is 18.5 Å². The van der Waals surface area contributed by atoms with Crippen LogP contribution in [-0.4, -0.2) is 36.8 Å². The van der Waals surface area contributed by atoms with Crippen molar-refractivity contribution in [1.29, 1.82) is 0 Å².